The topological polar surface area (TPSA) is 88.1 Å². The predicted molar refractivity (Wildman–Crippen MR) is 132 cm³/mol. The second kappa shape index (κ2) is 17.0. The van der Waals surface area contributed by atoms with Gasteiger partial charge in [-0.15, -0.1) is 0 Å². The van der Waals surface area contributed by atoms with Crippen LogP contribution in [-0.4, -0.2) is 61.0 Å². The van der Waals surface area contributed by atoms with Crippen LogP contribution in [0.5, 0.6) is 0 Å². The zero-order valence-corrected chi connectivity index (χ0v) is 22.4. The van der Waals surface area contributed by atoms with Gasteiger partial charge in [0.05, 0.1) is 17.2 Å². The normalized spacial score (nSPS) is 12.8. The highest BCUT2D eigenvalue weighted by Crippen LogP contribution is 2.31. The summed E-state index contributed by atoms with van der Waals surface area (Å²) in [5.74, 6) is -1.06. The van der Waals surface area contributed by atoms with Gasteiger partial charge in [0.25, 0.3) is 0 Å². The Morgan fingerprint density at radius 3 is 2.03 bits per heavy atom. The number of rotatable bonds is 3. The fourth-order valence-electron chi connectivity index (χ4n) is 2.42. The maximum Gasteiger partial charge on any atom is 0.410 e. The molecule has 0 radical (unpaired) electrons. The van der Waals surface area contributed by atoms with E-state index in [9.17, 15) is 9.59 Å². The van der Waals surface area contributed by atoms with Crippen LogP contribution in [0, 0.1) is 6.92 Å². The van der Waals surface area contributed by atoms with Crippen molar-refractivity contribution in [3.8, 4) is 0 Å². The lowest BCUT2D eigenvalue weighted by Crippen LogP contribution is -2.48. The standard InChI is InChI=1S/C10H10Cl2O3.C9H18N2O2.2C2H6/c1-5-8(11)3-6(10(13)14)7(4-15-2)9(5)12;1-9(2,3)13-8(12)11-6-4-10-5-7-11;2*1-2/h3H,4H2,1-2H3,(H,13,14);10H,4-7H2,1-3H3;2*1-2H3. The molecule has 0 aliphatic carbocycles. The van der Waals surface area contributed by atoms with Gasteiger partial charge >= 0.3 is 12.1 Å². The lowest BCUT2D eigenvalue weighted by molar-refractivity contribution is 0.0228. The van der Waals surface area contributed by atoms with Gasteiger partial charge in [0.2, 0.25) is 0 Å². The smallest absolute Gasteiger partial charge is 0.410 e. The van der Waals surface area contributed by atoms with Crippen LogP contribution < -0.4 is 5.32 Å². The van der Waals surface area contributed by atoms with Gasteiger partial charge in [0, 0.05) is 43.9 Å². The molecule has 0 unspecified atom stereocenters. The molecule has 1 fully saturated rings. The zero-order chi connectivity index (χ0) is 25.5. The minimum atomic E-state index is -1.06. The number of benzene rings is 1. The van der Waals surface area contributed by atoms with Crippen molar-refractivity contribution < 1.29 is 24.2 Å². The predicted octanol–water partition coefficient (Wildman–Crippen LogP) is 6.03. The number of hydrogen-bond acceptors (Lipinski definition) is 5. The van der Waals surface area contributed by atoms with Crippen molar-refractivity contribution in [3.63, 3.8) is 0 Å². The van der Waals surface area contributed by atoms with Crippen LogP contribution in [0.4, 0.5) is 4.79 Å². The first-order valence-corrected chi connectivity index (χ1v) is 11.6. The molecule has 1 aliphatic heterocycles. The summed E-state index contributed by atoms with van der Waals surface area (Å²) in [5, 5.41) is 12.8. The second-order valence-corrected chi connectivity index (χ2v) is 8.06. The molecule has 1 heterocycles. The monoisotopic (exact) mass is 494 g/mol. The number of ether oxygens (including phenoxy) is 2. The minimum absolute atomic E-state index is 0.0810. The van der Waals surface area contributed by atoms with E-state index in [1.165, 1.54) is 13.2 Å². The van der Waals surface area contributed by atoms with Crippen LogP contribution in [0.1, 0.15) is 70.0 Å². The highest BCUT2D eigenvalue weighted by Gasteiger charge is 2.22. The summed E-state index contributed by atoms with van der Waals surface area (Å²) in [5.41, 5.74) is 0.809. The van der Waals surface area contributed by atoms with Crippen LogP contribution >= 0.6 is 23.2 Å². The third kappa shape index (κ3) is 11.9. The number of methoxy groups -OCH3 is 1. The molecule has 0 saturated carbocycles. The number of carbonyl (C=O) groups excluding carboxylic acids is 1. The number of carboxylic acid groups (broad SMARTS) is 1. The SMILES string of the molecule is CC.CC.CC(C)(C)OC(=O)N1CCNCC1.COCc1c(C(=O)O)cc(Cl)c(C)c1Cl. The van der Waals surface area contributed by atoms with E-state index in [4.69, 9.17) is 37.8 Å². The highest BCUT2D eigenvalue weighted by molar-refractivity contribution is 6.37. The van der Waals surface area contributed by atoms with E-state index >= 15 is 0 Å². The van der Waals surface area contributed by atoms with Crippen LogP contribution in [0.15, 0.2) is 6.07 Å². The number of halogens is 2. The Balaban J connectivity index is 0. The van der Waals surface area contributed by atoms with Gasteiger partial charge in [-0.1, -0.05) is 50.9 Å². The van der Waals surface area contributed by atoms with E-state index in [0.29, 0.717) is 21.2 Å². The lowest BCUT2D eigenvalue weighted by atomic mass is 10.0. The molecule has 1 aromatic carbocycles. The zero-order valence-electron chi connectivity index (χ0n) is 20.9. The number of carbonyl (C=O) groups is 2. The van der Waals surface area contributed by atoms with E-state index in [-0.39, 0.29) is 23.9 Å². The Hall–Kier alpha value is -1.54. The van der Waals surface area contributed by atoms with E-state index in [1.807, 2.05) is 48.5 Å². The summed E-state index contributed by atoms with van der Waals surface area (Å²) < 4.78 is 10.1. The molecule has 0 spiro atoms. The largest absolute Gasteiger partial charge is 0.478 e. The molecule has 2 N–H and O–H groups in total. The number of nitrogens with one attached hydrogen (secondary N) is 1. The molecule has 186 valence electrons. The fourth-order valence-corrected chi connectivity index (χ4v) is 2.93. The van der Waals surface area contributed by atoms with Gasteiger partial charge in [-0.05, 0) is 39.3 Å². The summed E-state index contributed by atoms with van der Waals surface area (Å²) >= 11 is 11.8. The molecule has 1 aliphatic rings. The summed E-state index contributed by atoms with van der Waals surface area (Å²) in [6, 6.07) is 1.39. The maximum absolute atomic E-state index is 11.5. The first-order chi connectivity index (χ1) is 15.0. The Morgan fingerprint density at radius 2 is 1.62 bits per heavy atom. The fraction of sp³-hybridized carbons (Fsp3) is 0.652. The summed E-state index contributed by atoms with van der Waals surface area (Å²) in [4.78, 5) is 24.2. The quantitative estimate of drug-likeness (QED) is 0.533. The van der Waals surface area contributed by atoms with Gasteiger partial charge < -0.3 is 24.8 Å². The number of aromatic carboxylic acids is 1. The Labute approximate surface area is 203 Å². The van der Waals surface area contributed by atoms with Crippen molar-refractivity contribution in [2.45, 2.75) is 67.6 Å². The molecule has 0 bridgehead atoms. The summed E-state index contributed by atoms with van der Waals surface area (Å²) in [6.45, 7) is 18.7. The van der Waals surface area contributed by atoms with Crippen LogP contribution in [0.25, 0.3) is 0 Å². The molecule has 2 rings (SSSR count). The lowest BCUT2D eigenvalue weighted by Gasteiger charge is -2.30. The van der Waals surface area contributed by atoms with Crippen molar-refractivity contribution in [3.05, 3.63) is 32.8 Å². The first kappa shape index (κ1) is 32.6. The van der Waals surface area contributed by atoms with Gasteiger partial charge in [-0.25, -0.2) is 9.59 Å². The number of amides is 1. The summed E-state index contributed by atoms with van der Waals surface area (Å²) in [6.07, 6.45) is -0.200. The number of carboxylic acids is 1. The summed E-state index contributed by atoms with van der Waals surface area (Å²) in [7, 11) is 1.48. The molecule has 0 atom stereocenters. The van der Waals surface area contributed by atoms with E-state index in [1.54, 1.807) is 11.8 Å². The van der Waals surface area contributed by atoms with Crippen molar-refractivity contribution in [2.75, 3.05) is 33.3 Å². The van der Waals surface area contributed by atoms with E-state index < -0.39 is 5.97 Å². The molecule has 9 heteroatoms. The average molecular weight is 495 g/mol. The molecule has 1 saturated heterocycles. The molecule has 32 heavy (non-hydrogen) atoms. The van der Waals surface area contributed by atoms with Crippen molar-refractivity contribution in [1.29, 1.82) is 0 Å². The van der Waals surface area contributed by atoms with E-state index in [2.05, 4.69) is 5.32 Å². The number of piperazine rings is 1. The van der Waals surface area contributed by atoms with Gasteiger partial charge in [-0.3, -0.25) is 0 Å². The first-order valence-electron chi connectivity index (χ1n) is 10.9. The van der Waals surface area contributed by atoms with Gasteiger partial charge in [-0.2, -0.15) is 0 Å². The molecular weight excluding hydrogens is 455 g/mol. The molecular formula is C23H40Cl2N2O5. The molecule has 1 aromatic rings. The van der Waals surface area contributed by atoms with Crippen molar-refractivity contribution in [1.82, 2.24) is 10.2 Å². The van der Waals surface area contributed by atoms with E-state index in [0.717, 1.165) is 26.2 Å². The van der Waals surface area contributed by atoms with Crippen LogP contribution in [0.3, 0.4) is 0 Å². The Bertz CT molecular complexity index is 701. The molecule has 1 amide bonds. The van der Waals surface area contributed by atoms with Gasteiger partial charge in [0.1, 0.15) is 5.60 Å². The minimum Gasteiger partial charge on any atom is -0.478 e. The number of nitrogens with zero attached hydrogens (tertiary/aromatic N) is 1. The van der Waals surface area contributed by atoms with Gasteiger partial charge in [0.15, 0.2) is 0 Å². The Kier molecular flexibility index (Phi) is 17.3. The maximum atomic E-state index is 11.5. The third-order valence-corrected chi connectivity index (χ3v) is 4.74. The second-order valence-electron chi connectivity index (χ2n) is 7.28. The highest BCUT2D eigenvalue weighted by atomic mass is 35.5. The number of hydrogen-bond donors (Lipinski definition) is 2. The molecule has 0 aromatic heterocycles. The van der Waals surface area contributed by atoms with Crippen LogP contribution in [-0.2, 0) is 16.1 Å². The van der Waals surface area contributed by atoms with Crippen molar-refractivity contribution >= 4 is 35.3 Å². The average Bonchev–Trinajstić information content (AvgIpc) is 2.76. The third-order valence-electron chi connectivity index (χ3n) is 3.84. The molecule has 7 nitrogen and oxygen atoms in total. The Morgan fingerprint density at radius 1 is 1.12 bits per heavy atom. The van der Waals surface area contributed by atoms with Crippen LogP contribution in [0.2, 0.25) is 10.0 Å². The van der Waals surface area contributed by atoms with Crippen molar-refractivity contribution in [2.24, 2.45) is 0 Å².